The van der Waals surface area contributed by atoms with Crippen molar-refractivity contribution >= 4 is 12.3 Å². The van der Waals surface area contributed by atoms with Crippen molar-refractivity contribution in [2.75, 3.05) is 13.2 Å². The fraction of sp³-hybridized carbons (Fsp3) is 0.714. The molecule has 0 aliphatic carbocycles. The predicted octanol–water partition coefficient (Wildman–Crippen LogP) is 0.153. The van der Waals surface area contributed by atoms with Gasteiger partial charge in [-0.05, 0) is 13.8 Å². The Morgan fingerprint density at radius 3 is 2.45 bits per heavy atom. The number of hydrogen-bond acceptors (Lipinski definition) is 4. The van der Waals surface area contributed by atoms with Gasteiger partial charge in [-0.15, -0.1) is 0 Å². The maximum absolute atomic E-state index is 10.8. The average Bonchev–Trinajstić information content (AvgIpc) is 2.00. The molecule has 0 aromatic heterocycles. The first-order valence-corrected chi connectivity index (χ1v) is 3.49. The van der Waals surface area contributed by atoms with Gasteiger partial charge < -0.3 is 9.47 Å². The second-order valence-corrected chi connectivity index (χ2v) is 1.76. The van der Waals surface area contributed by atoms with Crippen LogP contribution < -0.4 is 0 Å². The first kappa shape index (κ1) is 10.1. The zero-order valence-corrected chi connectivity index (χ0v) is 6.70. The first-order chi connectivity index (χ1) is 5.26. The van der Waals surface area contributed by atoms with Crippen molar-refractivity contribution in [1.29, 1.82) is 0 Å². The number of hydrogen-bond donors (Lipinski definition) is 0. The summed E-state index contributed by atoms with van der Waals surface area (Å²) in [4.78, 5) is 21.0. The van der Waals surface area contributed by atoms with Crippen molar-refractivity contribution in [2.45, 2.75) is 20.0 Å². The molecule has 0 radical (unpaired) electrons. The molecule has 0 heterocycles. The topological polar surface area (TPSA) is 52.6 Å². The molecule has 0 aliphatic rings. The summed E-state index contributed by atoms with van der Waals surface area (Å²) in [7, 11) is 0. The molecule has 0 aromatic carbocycles. The smallest absolute Gasteiger partial charge is 0.342 e. The number of esters is 1. The molecule has 4 heteroatoms. The monoisotopic (exact) mass is 160 g/mol. The molecular formula is C7H12O4. The molecule has 0 aromatic rings. The van der Waals surface area contributed by atoms with Gasteiger partial charge in [0.05, 0.1) is 6.61 Å². The molecular weight excluding hydrogens is 148 g/mol. The molecule has 11 heavy (non-hydrogen) atoms. The summed E-state index contributed by atoms with van der Waals surface area (Å²) < 4.78 is 9.32. The van der Waals surface area contributed by atoms with Crippen molar-refractivity contribution in [2.24, 2.45) is 0 Å². The van der Waals surface area contributed by atoms with E-state index in [2.05, 4.69) is 4.74 Å². The van der Waals surface area contributed by atoms with Crippen LogP contribution >= 0.6 is 0 Å². The quantitative estimate of drug-likeness (QED) is 0.326. The fourth-order valence-corrected chi connectivity index (χ4v) is 0.567. The van der Waals surface area contributed by atoms with Gasteiger partial charge in [0.25, 0.3) is 0 Å². The molecule has 0 saturated carbocycles. The van der Waals surface area contributed by atoms with E-state index in [1.54, 1.807) is 13.8 Å². The summed E-state index contributed by atoms with van der Waals surface area (Å²) in [5.74, 6) is -0.621. The van der Waals surface area contributed by atoms with E-state index in [-0.39, 0.29) is 6.61 Å². The van der Waals surface area contributed by atoms with Crippen LogP contribution in [0.4, 0.5) is 0 Å². The van der Waals surface area contributed by atoms with Crippen LogP contribution in [0.2, 0.25) is 0 Å². The lowest BCUT2D eigenvalue weighted by Gasteiger charge is -2.07. The van der Waals surface area contributed by atoms with E-state index in [0.717, 1.165) is 0 Å². The molecule has 64 valence electrons. The highest BCUT2D eigenvalue weighted by Crippen LogP contribution is 1.91. The Morgan fingerprint density at radius 2 is 2.09 bits per heavy atom. The standard InChI is InChI=1S/C7H12O4/c1-3-10-6(5-8)7(9)11-4-2/h5-6H,3-4H2,1-2H3. The summed E-state index contributed by atoms with van der Waals surface area (Å²) in [5, 5.41) is 0. The number of rotatable bonds is 5. The normalized spacial score (nSPS) is 12.2. The molecule has 0 fully saturated rings. The van der Waals surface area contributed by atoms with Gasteiger partial charge in [-0.3, -0.25) is 4.79 Å². The molecule has 0 spiro atoms. The third-order valence-corrected chi connectivity index (χ3v) is 0.989. The lowest BCUT2D eigenvalue weighted by molar-refractivity contribution is -0.157. The highest BCUT2D eigenvalue weighted by Gasteiger charge is 2.17. The molecule has 0 N–H and O–H groups in total. The highest BCUT2D eigenvalue weighted by molar-refractivity contribution is 5.90. The van der Waals surface area contributed by atoms with Crippen molar-refractivity contribution in [1.82, 2.24) is 0 Å². The van der Waals surface area contributed by atoms with Crippen molar-refractivity contribution < 1.29 is 19.1 Å². The van der Waals surface area contributed by atoms with Gasteiger partial charge in [0, 0.05) is 6.61 Å². The van der Waals surface area contributed by atoms with E-state index < -0.39 is 12.1 Å². The van der Waals surface area contributed by atoms with Gasteiger partial charge in [0.2, 0.25) is 6.10 Å². The van der Waals surface area contributed by atoms with Crippen molar-refractivity contribution in [3.05, 3.63) is 0 Å². The first-order valence-electron chi connectivity index (χ1n) is 3.49. The Kier molecular flexibility index (Phi) is 5.37. The van der Waals surface area contributed by atoms with Crippen LogP contribution in [0, 0.1) is 0 Å². The van der Waals surface area contributed by atoms with Crippen LogP contribution in [-0.2, 0) is 19.1 Å². The van der Waals surface area contributed by atoms with Gasteiger partial charge in [0.1, 0.15) is 0 Å². The second-order valence-electron chi connectivity index (χ2n) is 1.76. The summed E-state index contributed by atoms with van der Waals surface area (Å²) in [6.45, 7) is 3.96. The molecule has 1 atom stereocenters. The minimum Gasteiger partial charge on any atom is -0.464 e. The molecule has 0 saturated heterocycles. The number of aldehydes is 1. The third kappa shape index (κ3) is 3.72. The Balaban J connectivity index is 3.81. The lowest BCUT2D eigenvalue weighted by atomic mass is 10.4. The number of carbonyl (C=O) groups is 2. The zero-order chi connectivity index (χ0) is 8.69. The predicted molar refractivity (Wildman–Crippen MR) is 38.1 cm³/mol. The van der Waals surface area contributed by atoms with E-state index in [1.807, 2.05) is 0 Å². The summed E-state index contributed by atoms with van der Waals surface area (Å²) in [6, 6.07) is 0. The van der Waals surface area contributed by atoms with E-state index in [9.17, 15) is 9.59 Å². The second kappa shape index (κ2) is 5.85. The van der Waals surface area contributed by atoms with Gasteiger partial charge in [-0.1, -0.05) is 0 Å². The van der Waals surface area contributed by atoms with E-state index in [0.29, 0.717) is 12.9 Å². The maximum Gasteiger partial charge on any atom is 0.342 e. The van der Waals surface area contributed by atoms with E-state index >= 15 is 0 Å². The Morgan fingerprint density at radius 1 is 1.45 bits per heavy atom. The Labute approximate surface area is 65.5 Å². The number of ether oxygens (including phenoxy) is 2. The van der Waals surface area contributed by atoms with Crippen LogP contribution in [0.15, 0.2) is 0 Å². The summed E-state index contributed by atoms with van der Waals surface area (Å²) in [6.07, 6.45) is -0.624. The van der Waals surface area contributed by atoms with E-state index in [4.69, 9.17) is 4.74 Å². The van der Waals surface area contributed by atoms with Crippen LogP contribution in [0.5, 0.6) is 0 Å². The largest absolute Gasteiger partial charge is 0.464 e. The maximum atomic E-state index is 10.8. The Bertz CT molecular complexity index is 132. The fourth-order valence-electron chi connectivity index (χ4n) is 0.567. The molecule has 0 rings (SSSR count). The molecule has 1 unspecified atom stereocenters. The molecule has 4 nitrogen and oxygen atoms in total. The average molecular weight is 160 g/mol. The Hall–Kier alpha value is -0.900. The third-order valence-electron chi connectivity index (χ3n) is 0.989. The summed E-state index contributed by atoms with van der Waals surface area (Å²) >= 11 is 0. The van der Waals surface area contributed by atoms with Crippen LogP contribution in [0.1, 0.15) is 13.8 Å². The molecule has 0 amide bonds. The minimum atomic E-state index is -1.06. The van der Waals surface area contributed by atoms with Gasteiger partial charge in [-0.2, -0.15) is 0 Å². The van der Waals surface area contributed by atoms with Gasteiger partial charge >= 0.3 is 5.97 Å². The van der Waals surface area contributed by atoms with Crippen LogP contribution in [0.3, 0.4) is 0 Å². The van der Waals surface area contributed by atoms with Crippen LogP contribution in [0.25, 0.3) is 0 Å². The number of carbonyl (C=O) groups excluding carboxylic acids is 2. The van der Waals surface area contributed by atoms with Crippen molar-refractivity contribution in [3.8, 4) is 0 Å². The van der Waals surface area contributed by atoms with E-state index in [1.165, 1.54) is 0 Å². The molecule has 0 aliphatic heterocycles. The van der Waals surface area contributed by atoms with Crippen molar-refractivity contribution in [3.63, 3.8) is 0 Å². The SMILES string of the molecule is CCOC(=O)C(C=O)OCC. The summed E-state index contributed by atoms with van der Waals surface area (Å²) in [5.41, 5.74) is 0. The minimum absolute atomic E-state index is 0.260. The lowest BCUT2D eigenvalue weighted by Crippen LogP contribution is -2.27. The highest BCUT2D eigenvalue weighted by atomic mass is 16.6. The zero-order valence-electron chi connectivity index (χ0n) is 6.70. The molecule has 0 bridgehead atoms. The van der Waals surface area contributed by atoms with Gasteiger partial charge in [-0.25, -0.2) is 4.79 Å². The van der Waals surface area contributed by atoms with Crippen LogP contribution in [-0.4, -0.2) is 31.6 Å². The van der Waals surface area contributed by atoms with Gasteiger partial charge in [0.15, 0.2) is 6.29 Å².